The van der Waals surface area contributed by atoms with E-state index in [4.69, 9.17) is 4.84 Å². The minimum atomic E-state index is -0.255. The second-order valence-electron chi connectivity index (χ2n) is 2.97. The van der Waals surface area contributed by atoms with Crippen molar-refractivity contribution in [1.29, 1.82) is 0 Å². The summed E-state index contributed by atoms with van der Waals surface area (Å²) in [6.07, 6.45) is 0.544. The second-order valence-corrected chi connectivity index (χ2v) is 2.97. The third-order valence-electron chi connectivity index (χ3n) is 1.73. The first-order valence-electron chi connectivity index (χ1n) is 4.70. The van der Waals surface area contributed by atoms with E-state index >= 15 is 0 Å². The molecule has 1 saturated heterocycles. The Labute approximate surface area is 80.4 Å². The van der Waals surface area contributed by atoms with Gasteiger partial charge in [-0.05, 0) is 6.42 Å². The van der Waals surface area contributed by atoms with Crippen molar-refractivity contribution in [2.45, 2.75) is 26.4 Å². The van der Waals surface area contributed by atoms with Gasteiger partial charge in [-0.3, -0.25) is 9.63 Å². The first kappa shape index (κ1) is 12.4. The van der Waals surface area contributed by atoms with Gasteiger partial charge in [-0.2, -0.15) is 5.06 Å². The van der Waals surface area contributed by atoms with Gasteiger partial charge in [-0.25, -0.2) is 0 Å². The van der Waals surface area contributed by atoms with Crippen molar-refractivity contribution in [1.82, 2.24) is 9.96 Å². The Morgan fingerprint density at radius 2 is 2.00 bits per heavy atom. The molecule has 13 heavy (non-hydrogen) atoms. The Morgan fingerprint density at radius 1 is 1.46 bits per heavy atom. The third-order valence-corrected chi connectivity index (χ3v) is 1.73. The fraction of sp³-hybridized carbons (Fsp3) is 0.889. The minimum Gasteiger partial charge on any atom is -0.346 e. The monoisotopic (exact) mass is 188 g/mol. The van der Waals surface area contributed by atoms with Crippen molar-refractivity contribution >= 4 is 5.91 Å². The number of nitrogens with zero attached hydrogens (tertiary/aromatic N) is 2. The number of carbonyl (C=O) groups excluding carboxylic acids is 1. The molecule has 0 aromatic heterocycles. The molecule has 1 atom stereocenters. The standard InChI is InChI=1S/C7H14N2O2.C2H6/c1-8(2)7(10)6-4-5-9(3)11-6;1-2/h6H,4-5H2,1-3H3;1-2H3. The number of amides is 1. The van der Waals surface area contributed by atoms with Gasteiger partial charge in [-0.15, -0.1) is 0 Å². The maximum atomic E-state index is 11.3. The van der Waals surface area contributed by atoms with Crippen LogP contribution in [0.3, 0.4) is 0 Å². The topological polar surface area (TPSA) is 32.8 Å². The summed E-state index contributed by atoms with van der Waals surface area (Å²) >= 11 is 0. The summed E-state index contributed by atoms with van der Waals surface area (Å²) in [7, 11) is 5.32. The molecule has 1 heterocycles. The molecular formula is C9H20N2O2. The lowest BCUT2D eigenvalue weighted by atomic mass is 10.2. The van der Waals surface area contributed by atoms with Crippen molar-refractivity contribution < 1.29 is 9.63 Å². The van der Waals surface area contributed by atoms with E-state index in [2.05, 4.69) is 0 Å². The number of carbonyl (C=O) groups is 1. The number of rotatable bonds is 1. The summed E-state index contributed by atoms with van der Waals surface area (Å²) in [5.74, 6) is 0.0503. The Kier molecular flexibility index (Phi) is 5.66. The molecule has 0 aromatic rings. The summed E-state index contributed by atoms with van der Waals surface area (Å²) in [5, 5.41) is 1.70. The molecule has 0 bridgehead atoms. The highest BCUT2D eigenvalue weighted by molar-refractivity contribution is 5.80. The van der Waals surface area contributed by atoms with Crippen molar-refractivity contribution in [3.05, 3.63) is 0 Å². The fourth-order valence-corrected chi connectivity index (χ4v) is 1.08. The van der Waals surface area contributed by atoms with E-state index in [9.17, 15) is 4.79 Å². The molecule has 1 aliphatic rings. The molecule has 1 fully saturated rings. The smallest absolute Gasteiger partial charge is 0.253 e. The first-order valence-corrected chi connectivity index (χ1v) is 4.70. The summed E-state index contributed by atoms with van der Waals surface area (Å²) in [6, 6.07) is 0. The van der Waals surface area contributed by atoms with Crippen molar-refractivity contribution in [3.63, 3.8) is 0 Å². The molecule has 1 unspecified atom stereocenters. The molecule has 0 radical (unpaired) electrons. The Morgan fingerprint density at radius 3 is 2.31 bits per heavy atom. The molecule has 1 amide bonds. The molecule has 1 aliphatic heterocycles. The highest BCUT2D eigenvalue weighted by Crippen LogP contribution is 2.12. The van der Waals surface area contributed by atoms with Crippen LogP contribution in [0.15, 0.2) is 0 Å². The molecule has 0 spiro atoms. The average Bonchev–Trinajstić information content (AvgIpc) is 2.54. The normalized spacial score (nSPS) is 22.1. The summed E-state index contributed by atoms with van der Waals surface area (Å²) in [5.41, 5.74) is 0. The van der Waals surface area contributed by atoms with Gasteiger partial charge in [0.25, 0.3) is 5.91 Å². The molecular weight excluding hydrogens is 168 g/mol. The van der Waals surface area contributed by atoms with Crippen LogP contribution in [0.2, 0.25) is 0 Å². The second kappa shape index (κ2) is 5.94. The van der Waals surface area contributed by atoms with Crippen molar-refractivity contribution in [3.8, 4) is 0 Å². The van der Waals surface area contributed by atoms with Crippen LogP contribution in [0.4, 0.5) is 0 Å². The van der Waals surface area contributed by atoms with E-state index in [0.717, 1.165) is 13.0 Å². The van der Waals surface area contributed by atoms with Gasteiger partial charge in [0.15, 0.2) is 6.10 Å². The highest BCUT2D eigenvalue weighted by Gasteiger charge is 2.28. The lowest BCUT2D eigenvalue weighted by Gasteiger charge is -2.15. The van der Waals surface area contributed by atoms with E-state index in [1.807, 2.05) is 20.9 Å². The fourth-order valence-electron chi connectivity index (χ4n) is 1.08. The van der Waals surface area contributed by atoms with Crippen LogP contribution in [0.25, 0.3) is 0 Å². The largest absolute Gasteiger partial charge is 0.346 e. The van der Waals surface area contributed by atoms with Gasteiger partial charge < -0.3 is 4.90 Å². The summed E-state index contributed by atoms with van der Waals surface area (Å²) in [6.45, 7) is 4.84. The van der Waals surface area contributed by atoms with Crippen LogP contribution >= 0.6 is 0 Å². The van der Waals surface area contributed by atoms with Crippen LogP contribution < -0.4 is 0 Å². The Hall–Kier alpha value is -0.610. The summed E-state index contributed by atoms with van der Waals surface area (Å²) in [4.78, 5) is 18.1. The number of hydrogen-bond donors (Lipinski definition) is 0. The molecule has 0 aliphatic carbocycles. The zero-order valence-electron chi connectivity index (χ0n) is 9.20. The number of likely N-dealkylation sites (N-methyl/N-ethyl adjacent to an activating group) is 1. The number of hydrogen-bond acceptors (Lipinski definition) is 3. The predicted molar refractivity (Wildman–Crippen MR) is 52.2 cm³/mol. The molecule has 0 N–H and O–H groups in total. The van der Waals surface area contributed by atoms with E-state index in [1.165, 1.54) is 0 Å². The minimum absolute atomic E-state index is 0.0503. The third kappa shape index (κ3) is 3.74. The lowest BCUT2D eigenvalue weighted by molar-refractivity contribution is -0.163. The Bertz CT molecular complexity index is 160. The highest BCUT2D eigenvalue weighted by atomic mass is 16.7. The van der Waals surface area contributed by atoms with Gasteiger partial charge in [0.2, 0.25) is 0 Å². The molecule has 0 aromatic carbocycles. The molecule has 4 heteroatoms. The van der Waals surface area contributed by atoms with Crippen LogP contribution in [-0.2, 0) is 9.63 Å². The van der Waals surface area contributed by atoms with Gasteiger partial charge in [0.05, 0.1) is 0 Å². The number of hydroxylamine groups is 2. The zero-order valence-corrected chi connectivity index (χ0v) is 9.20. The first-order chi connectivity index (χ1) is 6.11. The SMILES string of the molecule is CC.CN1CCC(C(=O)N(C)C)O1. The zero-order chi connectivity index (χ0) is 10.4. The van der Waals surface area contributed by atoms with Crippen LogP contribution in [0.5, 0.6) is 0 Å². The van der Waals surface area contributed by atoms with Crippen LogP contribution in [0.1, 0.15) is 20.3 Å². The maximum absolute atomic E-state index is 11.3. The van der Waals surface area contributed by atoms with E-state index < -0.39 is 0 Å². The van der Waals surface area contributed by atoms with E-state index in [-0.39, 0.29) is 12.0 Å². The van der Waals surface area contributed by atoms with Gasteiger partial charge in [0.1, 0.15) is 0 Å². The van der Waals surface area contributed by atoms with Crippen LogP contribution in [0, 0.1) is 0 Å². The molecule has 1 rings (SSSR count). The van der Waals surface area contributed by atoms with Crippen LogP contribution in [-0.4, -0.2) is 49.7 Å². The molecule has 4 nitrogen and oxygen atoms in total. The molecule has 0 saturated carbocycles. The van der Waals surface area contributed by atoms with Gasteiger partial charge >= 0.3 is 0 Å². The Balaban J connectivity index is 0.000000671. The van der Waals surface area contributed by atoms with E-state index in [0.29, 0.717) is 0 Å². The lowest BCUT2D eigenvalue weighted by Crippen LogP contribution is -2.33. The quantitative estimate of drug-likeness (QED) is 0.608. The predicted octanol–water partition coefficient (Wildman–Crippen LogP) is 0.736. The van der Waals surface area contributed by atoms with Crippen molar-refractivity contribution in [2.24, 2.45) is 0 Å². The summed E-state index contributed by atoms with van der Waals surface area (Å²) < 4.78 is 0. The van der Waals surface area contributed by atoms with E-state index in [1.54, 1.807) is 24.1 Å². The average molecular weight is 188 g/mol. The van der Waals surface area contributed by atoms with Gasteiger partial charge in [0, 0.05) is 27.7 Å². The maximum Gasteiger partial charge on any atom is 0.253 e. The molecule has 78 valence electrons. The van der Waals surface area contributed by atoms with Gasteiger partial charge in [-0.1, -0.05) is 13.8 Å². The van der Waals surface area contributed by atoms with Crippen molar-refractivity contribution in [2.75, 3.05) is 27.7 Å².